The molecule has 2 saturated heterocycles. The van der Waals surface area contributed by atoms with E-state index in [1.807, 2.05) is 48.5 Å². The van der Waals surface area contributed by atoms with Crippen molar-refractivity contribution in [3.63, 3.8) is 0 Å². The Balaban J connectivity index is 1.79. The third kappa shape index (κ3) is 2.52. The second-order valence-corrected chi connectivity index (χ2v) is 4.84. The summed E-state index contributed by atoms with van der Waals surface area (Å²) in [6.07, 6.45) is -1.10. The quantitative estimate of drug-likeness (QED) is 0.811. The Hall–Kier alpha value is -1.80. The van der Waals surface area contributed by atoms with Gasteiger partial charge in [-0.05, 0) is 11.1 Å². The van der Waals surface area contributed by atoms with Crippen molar-refractivity contribution in [3.8, 4) is 11.1 Å². The third-order valence-electron chi connectivity index (χ3n) is 3.57. The molecule has 0 bridgehead atoms. The molecule has 0 amide bonds. The first-order chi connectivity index (χ1) is 10.9. The van der Waals surface area contributed by atoms with Gasteiger partial charge in [0, 0.05) is 11.1 Å². The van der Waals surface area contributed by atoms with Gasteiger partial charge >= 0.3 is 0 Å². The Kier molecular flexibility index (Phi) is 3.86. The average molecular weight is 302 g/mol. The van der Waals surface area contributed by atoms with E-state index in [1.165, 1.54) is 0 Å². The predicted molar refractivity (Wildman–Crippen MR) is 73.6 cm³/mol. The van der Waals surface area contributed by atoms with Gasteiger partial charge < -0.3 is 9.47 Å². The van der Waals surface area contributed by atoms with E-state index >= 15 is 0 Å². The summed E-state index contributed by atoms with van der Waals surface area (Å²) in [4.78, 5) is 20.0. The molecule has 0 N–H and O–H groups in total. The standard InChI is InChI=1S/C16H14O6/c1-3-7-13(15-17-9-19-21-15)11(5-1)12-6-2-4-8-14(12)16-18-10-20-22-16/h1-8,15-16H,9-10H2. The zero-order valence-corrected chi connectivity index (χ0v) is 11.6. The van der Waals surface area contributed by atoms with Crippen molar-refractivity contribution in [2.75, 3.05) is 13.6 Å². The minimum Gasteiger partial charge on any atom is -0.316 e. The highest BCUT2D eigenvalue weighted by atomic mass is 17.3. The first kappa shape index (κ1) is 13.8. The smallest absolute Gasteiger partial charge is 0.220 e. The molecule has 6 heteroatoms. The van der Waals surface area contributed by atoms with Gasteiger partial charge in [0.05, 0.1) is 0 Å². The maximum absolute atomic E-state index is 5.43. The van der Waals surface area contributed by atoms with E-state index in [9.17, 15) is 0 Å². The molecule has 0 aromatic heterocycles. The lowest BCUT2D eigenvalue weighted by Crippen LogP contribution is -2.04. The van der Waals surface area contributed by atoms with Crippen LogP contribution in [0.3, 0.4) is 0 Å². The first-order valence-electron chi connectivity index (χ1n) is 6.91. The van der Waals surface area contributed by atoms with E-state index in [2.05, 4.69) is 0 Å². The highest BCUT2D eigenvalue weighted by Gasteiger charge is 2.27. The van der Waals surface area contributed by atoms with E-state index in [4.69, 9.17) is 29.0 Å². The molecule has 0 aliphatic carbocycles. The van der Waals surface area contributed by atoms with Crippen molar-refractivity contribution in [2.45, 2.75) is 12.6 Å². The summed E-state index contributed by atoms with van der Waals surface area (Å²) in [5.74, 6) is 0. The molecule has 2 aromatic rings. The number of benzene rings is 2. The number of rotatable bonds is 3. The molecule has 2 aliphatic rings. The van der Waals surface area contributed by atoms with Gasteiger partial charge in [-0.1, -0.05) is 48.5 Å². The molecule has 6 nitrogen and oxygen atoms in total. The largest absolute Gasteiger partial charge is 0.316 e. The molecule has 0 spiro atoms. The molecule has 22 heavy (non-hydrogen) atoms. The van der Waals surface area contributed by atoms with Gasteiger partial charge in [-0.2, -0.15) is 9.78 Å². The van der Waals surface area contributed by atoms with Crippen LogP contribution in [0.2, 0.25) is 0 Å². The van der Waals surface area contributed by atoms with Gasteiger partial charge in [-0.25, -0.2) is 9.78 Å². The summed E-state index contributed by atoms with van der Waals surface area (Å²) in [5, 5.41) is 0. The highest BCUT2D eigenvalue weighted by molar-refractivity contribution is 5.71. The molecule has 2 unspecified atom stereocenters. The van der Waals surface area contributed by atoms with Crippen LogP contribution < -0.4 is 0 Å². The van der Waals surface area contributed by atoms with Gasteiger partial charge in [0.25, 0.3) is 0 Å². The Morgan fingerprint density at radius 1 is 0.636 bits per heavy atom. The molecule has 2 heterocycles. The van der Waals surface area contributed by atoms with Gasteiger partial charge in [0.15, 0.2) is 13.6 Å². The van der Waals surface area contributed by atoms with Crippen molar-refractivity contribution >= 4 is 0 Å². The molecule has 2 aliphatic heterocycles. The minimum absolute atomic E-state index is 0.114. The lowest BCUT2D eigenvalue weighted by molar-refractivity contribution is -0.279. The van der Waals surface area contributed by atoms with E-state index in [1.54, 1.807) is 0 Å². The van der Waals surface area contributed by atoms with Crippen LogP contribution in [0.25, 0.3) is 11.1 Å². The van der Waals surface area contributed by atoms with Crippen molar-refractivity contribution < 1.29 is 29.0 Å². The fourth-order valence-electron chi connectivity index (χ4n) is 2.59. The van der Waals surface area contributed by atoms with Crippen LogP contribution in [0, 0.1) is 0 Å². The molecule has 114 valence electrons. The normalized spacial score (nSPS) is 24.7. The second kappa shape index (κ2) is 6.13. The van der Waals surface area contributed by atoms with E-state index in [0.29, 0.717) is 0 Å². The van der Waals surface area contributed by atoms with Crippen LogP contribution in [-0.4, -0.2) is 13.6 Å². The van der Waals surface area contributed by atoms with Crippen molar-refractivity contribution in [1.29, 1.82) is 0 Å². The lowest BCUT2D eigenvalue weighted by Gasteiger charge is -2.17. The lowest BCUT2D eigenvalue weighted by atomic mass is 9.95. The van der Waals surface area contributed by atoms with Crippen LogP contribution >= 0.6 is 0 Å². The molecule has 2 atom stereocenters. The van der Waals surface area contributed by atoms with Crippen LogP contribution in [0.5, 0.6) is 0 Å². The molecular weight excluding hydrogens is 288 g/mol. The highest BCUT2D eigenvalue weighted by Crippen LogP contribution is 2.38. The number of hydrogen-bond donors (Lipinski definition) is 0. The monoisotopic (exact) mass is 302 g/mol. The summed E-state index contributed by atoms with van der Waals surface area (Å²) >= 11 is 0. The summed E-state index contributed by atoms with van der Waals surface area (Å²) in [7, 11) is 0. The van der Waals surface area contributed by atoms with Gasteiger partial charge in [-0.15, -0.1) is 0 Å². The van der Waals surface area contributed by atoms with Crippen LogP contribution in [-0.2, 0) is 29.0 Å². The van der Waals surface area contributed by atoms with Gasteiger partial charge in [0.1, 0.15) is 0 Å². The second-order valence-electron chi connectivity index (χ2n) is 4.84. The number of ether oxygens (including phenoxy) is 2. The SMILES string of the molecule is c1ccc(C2OCOO2)c(-c2ccccc2C2OCOO2)c1. The zero-order chi connectivity index (χ0) is 14.8. The average Bonchev–Trinajstić information content (AvgIpc) is 3.28. The molecule has 4 rings (SSSR count). The van der Waals surface area contributed by atoms with E-state index in [-0.39, 0.29) is 13.6 Å². The minimum atomic E-state index is -0.550. The van der Waals surface area contributed by atoms with Gasteiger partial charge in [0.2, 0.25) is 12.6 Å². The zero-order valence-electron chi connectivity index (χ0n) is 11.6. The topological polar surface area (TPSA) is 55.4 Å². The fraction of sp³-hybridized carbons (Fsp3) is 0.250. The van der Waals surface area contributed by atoms with Crippen LogP contribution in [0.4, 0.5) is 0 Å². The Bertz CT molecular complexity index is 589. The Labute approximate surface area is 126 Å². The summed E-state index contributed by atoms with van der Waals surface area (Å²) in [6, 6.07) is 15.6. The van der Waals surface area contributed by atoms with Gasteiger partial charge in [-0.3, -0.25) is 0 Å². The fourth-order valence-corrected chi connectivity index (χ4v) is 2.59. The maximum Gasteiger partial charge on any atom is 0.220 e. The van der Waals surface area contributed by atoms with Crippen LogP contribution in [0.1, 0.15) is 23.7 Å². The van der Waals surface area contributed by atoms with Crippen molar-refractivity contribution in [2.24, 2.45) is 0 Å². The maximum atomic E-state index is 5.43. The summed E-state index contributed by atoms with van der Waals surface area (Å²) in [6.45, 7) is 0.229. The predicted octanol–water partition coefficient (Wildman–Crippen LogP) is 3.22. The molecular formula is C16H14O6. The molecule has 0 saturated carbocycles. The Morgan fingerprint density at radius 3 is 1.50 bits per heavy atom. The molecule has 0 radical (unpaired) electrons. The first-order valence-corrected chi connectivity index (χ1v) is 6.91. The Morgan fingerprint density at radius 2 is 1.09 bits per heavy atom. The van der Waals surface area contributed by atoms with E-state index < -0.39 is 12.6 Å². The molecule has 2 fully saturated rings. The van der Waals surface area contributed by atoms with Crippen molar-refractivity contribution in [1.82, 2.24) is 0 Å². The number of hydrogen-bond acceptors (Lipinski definition) is 6. The molecule has 2 aromatic carbocycles. The third-order valence-corrected chi connectivity index (χ3v) is 3.57. The summed E-state index contributed by atoms with van der Waals surface area (Å²) in [5.41, 5.74) is 3.69. The summed E-state index contributed by atoms with van der Waals surface area (Å²) < 4.78 is 10.9. The van der Waals surface area contributed by atoms with Crippen molar-refractivity contribution in [3.05, 3.63) is 59.7 Å². The van der Waals surface area contributed by atoms with Crippen LogP contribution in [0.15, 0.2) is 48.5 Å². The van der Waals surface area contributed by atoms with E-state index in [0.717, 1.165) is 22.3 Å².